The number of hydrogen-bond donors (Lipinski definition) is 0. The van der Waals surface area contributed by atoms with Crippen LogP contribution >= 0.6 is 11.6 Å². The second-order valence-electron chi connectivity index (χ2n) is 6.29. The molecule has 0 aliphatic carbocycles. The molecule has 4 aromatic rings. The first-order chi connectivity index (χ1) is 12.3. The van der Waals surface area contributed by atoms with Crippen molar-refractivity contribution in [2.24, 2.45) is 0 Å². The maximum atomic E-state index is 6.24. The predicted octanol–water partition coefficient (Wildman–Crippen LogP) is 6.33. The van der Waals surface area contributed by atoms with Crippen LogP contribution in [-0.4, -0.2) is 7.11 Å². The van der Waals surface area contributed by atoms with Gasteiger partial charge in [0.1, 0.15) is 5.75 Å². The van der Waals surface area contributed by atoms with Gasteiger partial charge in [-0.2, -0.15) is 0 Å². The highest BCUT2D eigenvalue weighted by atomic mass is 35.5. The SMILES string of the molecule is COc1cc2ccccc2cc1Cc1cc2ccccc2cc1CCl. The largest absolute Gasteiger partial charge is 0.496 e. The fourth-order valence-corrected chi connectivity index (χ4v) is 3.67. The van der Waals surface area contributed by atoms with Crippen molar-refractivity contribution in [2.45, 2.75) is 12.3 Å². The lowest BCUT2D eigenvalue weighted by Gasteiger charge is -2.14. The zero-order valence-corrected chi connectivity index (χ0v) is 14.9. The molecule has 4 rings (SSSR count). The monoisotopic (exact) mass is 346 g/mol. The average molecular weight is 347 g/mol. The van der Waals surface area contributed by atoms with Crippen LogP contribution in [0.15, 0.2) is 72.8 Å². The Labute approximate surface area is 152 Å². The van der Waals surface area contributed by atoms with Gasteiger partial charge in [0.15, 0.2) is 0 Å². The van der Waals surface area contributed by atoms with Crippen LogP contribution in [0.2, 0.25) is 0 Å². The molecule has 0 radical (unpaired) electrons. The molecule has 0 N–H and O–H groups in total. The number of benzene rings is 4. The van der Waals surface area contributed by atoms with E-state index in [-0.39, 0.29) is 0 Å². The Kier molecular flexibility index (Phi) is 4.33. The summed E-state index contributed by atoms with van der Waals surface area (Å²) < 4.78 is 5.65. The molecule has 25 heavy (non-hydrogen) atoms. The number of rotatable bonds is 4. The fourth-order valence-electron chi connectivity index (χ4n) is 3.42. The molecule has 1 nitrogen and oxygen atoms in total. The summed E-state index contributed by atoms with van der Waals surface area (Å²) in [4.78, 5) is 0. The summed E-state index contributed by atoms with van der Waals surface area (Å²) in [6, 6.07) is 25.6. The highest BCUT2D eigenvalue weighted by Gasteiger charge is 2.10. The molecule has 2 heteroatoms. The Bertz CT molecular complexity index is 967. The molecule has 0 amide bonds. The zero-order valence-electron chi connectivity index (χ0n) is 14.1. The van der Waals surface area contributed by atoms with Gasteiger partial charge in [0.25, 0.3) is 0 Å². The summed E-state index contributed by atoms with van der Waals surface area (Å²) in [5.41, 5.74) is 3.61. The van der Waals surface area contributed by atoms with Crippen molar-refractivity contribution in [3.05, 3.63) is 89.5 Å². The van der Waals surface area contributed by atoms with Crippen molar-refractivity contribution in [1.29, 1.82) is 0 Å². The summed E-state index contributed by atoms with van der Waals surface area (Å²) in [6.45, 7) is 0. The zero-order chi connectivity index (χ0) is 17.2. The lowest BCUT2D eigenvalue weighted by molar-refractivity contribution is 0.411. The molecule has 0 aliphatic heterocycles. The minimum Gasteiger partial charge on any atom is -0.496 e. The van der Waals surface area contributed by atoms with Crippen molar-refractivity contribution in [2.75, 3.05) is 7.11 Å². The van der Waals surface area contributed by atoms with Crippen LogP contribution in [0.25, 0.3) is 21.5 Å². The lowest BCUT2D eigenvalue weighted by Crippen LogP contribution is -1.98. The van der Waals surface area contributed by atoms with Crippen molar-refractivity contribution in [1.82, 2.24) is 0 Å². The summed E-state index contributed by atoms with van der Waals surface area (Å²) in [5, 5.41) is 4.89. The molecule has 0 fully saturated rings. The summed E-state index contributed by atoms with van der Waals surface area (Å²) in [5.74, 6) is 1.43. The van der Waals surface area contributed by atoms with E-state index >= 15 is 0 Å². The van der Waals surface area contributed by atoms with Crippen molar-refractivity contribution in [3.63, 3.8) is 0 Å². The van der Waals surface area contributed by atoms with E-state index in [4.69, 9.17) is 16.3 Å². The summed E-state index contributed by atoms with van der Waals surface area (Å²) >= 11 is 6.24. The Morgan fingerprint density at radius 2 is 1.16 bits per heavy atom. The molecule has 0 aliphatic rings. The topological polar surface area (TPSA) is 9.23 Å². The van der Waals surface area contributed by atoms with E-state index < -0.39 is 0 Å². The molecule has 0 aromatic heterocycles. The van der Waals surface area contributed by atoms with E-state index in [1.165, 1.54) is 38.2 Å². The van der Waals surface area contributed by atoms with Crippen LogP contribution < -0.4 is 4.74 Å². The highest BCUT2D eigenvalue weighted by molar-refractivity contribution is 6.17. The van der Waals surface area contributed by atoms with Gasteiger partial charge in [-0.05, 0) is 56.4 Å². The van der Waals surface area contributed by atoms with Crippen molar-refractivity contribution < 1.29 is 4.74 Å². The minimum absolute atomic E-state index is 0.510. The molecule has 4 aromatic carbocycles. The number of halogens is 1. The van der Waals surface area contributed by atoms with Gasteiger partial charge in [0, 0.05) is 12.3 Å². The van der Waals surface area contributed by atoms with Gasteiger partial charge < -0.3 is 4.74 Å². The third-order valence-electron chi connectivity index (χ3n) is 4.74. The van der Waals surface area contributed by atoms with Crippen LogP contribution in [-0.2, 0) is 12.3 Å². The van der Waals surface area contributed by atoms with Gasteiger partial charge in [0.05, 0.1) is 7.11 Å². The van der Waals surface area contributed by atoms with E-state index in [1.807, 2.05) is 0 Å². The maximum absolute atomic E-state index is 6.24. The van der Waals surface area contributed by atoms with E-state index in [0.29, 0.717) is 5.88 Å². The van der Waals surface area contributed by atoms with E-state index in [0.717, 1.165) is 12.2 Å². The van der Waals surface area contributed by atoms with E-state index in [9.17, 15) is 0 Å². The van der Waals surface area contributed by atoms with Gasteiger partial charge in [-0.25, -0.2) is 0 Å². The Morgan fingerprint density at radius 1 is 0.680 bits per heavy atom. The van der Waals surface area contributed by atoms with E-state index in [1.54, 1.807) is 7.11 Å². The normalized spacial score (nSPS) is 11.1. The van der Waals surface area contributed by atoms with Crippen LogP contribution in [0.5, 0.6) is 5.75 Å². The van der Waals surface area contributed by atoms with Crippen molar-refractivity contribution in [3.8, 4) is 5.75 Å². The molecular weight excluding hydrogens is 328 g/mol. The smallest absolute Gasteiger partial charge is 0.123 e. The Hall–Kier alpha value is -2.51. The third-order valence-corrected chi connectivity index (χ3v) is 5.03. The second kappa shape index (κ2) is 6.78. The molecule has 0 unspecified atom stereocenters. The molecular formula is C23H19ClO. The van der Waals surface area contributed by atoms with Crippen LogP contribution in [0, 0.1) is 0 Å². The van der Waals surface area contributed by atoms with Crippen LogP contribution in [0.3, 0.4) is 0 Å². The molecule has 0 heterocycles. The number of fused-ring (bicyclic) bond motifs is 2. The average Bonchev–Trinajstić information content (AvgIpc) is 2.66. The van der Waals surface area contributed by atoms with Gasteiger partial charge >= 0.3 is 0 Å². The number of hydrogen-bond acceptors (Lipinski definition) is 1. The highest BCUT2D eigenvalue weighted by Crippen LogP contribution is 2.30. The van der Waals surface area contributed by atoms with Crippen LogP contribution in [0.1, 0.15) is 16.7 Å². The lowest BCUT2D eigenvalue weighted by atomic mass is 9.95. The summed E-state index contributed by atoms with van der Waals surface area (Å²) in [6.07, 6.45) is 0.806. The minimum atomic E-state index is 0.510. The molecule has 0 saturated carbocycles. The van der Waals surface area contributed by atoms with Gasteiger partial charge in [-0.3, -0.25) is 0 Å². The second-order valence-corrected chi connectivity index (χ2v) is 6.56. The maximum Gasteiger partial charge on any atom is 0.123 e. The first kappa shape index (κ1) is 16.0. The molecule has 0 saturated heterocycles. The first-order valence-corrected chi connectivity index (χ1v) is 8.94. The number of methoxy groups -OCH3 is 1. The van der Waals surface area contributed by atoms with Gasteiger partial charge in [-0.1, -0.05) is 54.6 Å². The fraction of sp³-hybridized carbons (Fsp3) is 0.130. The van der Waals surface area contributed by atoms with Crippen LogP contribution in [0.4, 0.5) is 0 Å². The first-order valence-electron chi connectivity index (χ1n) is 8.40. The predicted molar refractivity (Wildman–Crippen MR) is 107 cm³/mol. The molecule has 0 bridgehead atoms. The molecule has 124 valence electrons. The van der Waals surface area contributed by atoms with E-state index in [2.05, 4.69) is 72.8 Å². The molecule has 0 spiro atoms. The molecule has 0 atom stereocenters. The third kappa shape index (κ3) is 3.08. The Balaban J connectivity index is 1.84. The quantitative estimate of drug-likeness (QED) is 0.392. The standard InChI is InChI=1S/C23H19ClO/c1-25-23-14-19-9-5-4-7-17(19)11-21(23)13-20-10-16-6-2-3-8-18(16)12-22(20)15-24/h2-12,14H,13,15H2,1H3. The number of alkyl halides is 1. The van der Waals surface area contributed by atoms with Gasteiger partial charge in [-0.15, -0.1) is 11.6 Å². The Morgan fingerprint density at radius 3 is 1.68 bits per heavy atom. The summed E-state index contributed by atoms with van der Waals surface area (Å²) in [7, 11) is 1.73. The number of ether oxygens (including phenoxy) is 1. The van der Waals surface area contributed by atoms with Crippen molar-refractivity contribution >= 4 is 33.1 Å². The van der Waals surface area contributed by atoms with Gasteiger partial charge in [0.2, 0.25) is 0 Å².